The summed E-state index contributed by atoms with van der Waals surface area (Å²) in [6, 6.07) is 17.9. The van der Waals surface area contributed by atoms with E-state index < -0.39 is 6.09 Å². The number of aldehydes is 1. The summed E-state index contributed by atoms with van der Waals surface area (Å²) in [5.41, 5.74) is 3.62. The Morgan fingerprint density at radius 3 is 2.47 bits per heavy atom. The van der Waals surface area contributed by atoms with E-state index in [0.29, 0.717) is 18.5 Å². The third-order valence-electron chi connectivity index (χ3n) is 6.95. The van der Waals surface area contributed by atoms with E-state index in [1.54, 1.807) is 7.11 Å². The van der Waals surface area contributed by atoms with Gasteiger partial charge in [0.2, 0.25) is 0 Å². The number of alkyl carbamates (subject to hydrolysis) is 1. The van der Waals surface area contributed by atoms with Crippen molar-refractivity contribution in [3.8, 4) is 5.75 Å². The second-order valence-electron chi connectivity index (χ2n) is 10.3. The van der Waals surface area contributed by atoms with Crippen molar-refractivity contribution < 1.29 is 19.1 Å². The molecule has 0 saturated carbocycles. The number of nitrogens with zero attached hydrogens (tertiary/aromatic N) is 1. The molecule has 1 amide bonds. The summed E-state index contributed by atoms with van der Waals surface area (Å²) in [7, 11) is 3.72. The molecular weight excluding hydrogens is 476 g/mol. The van der Waals surface area contributed by atoms with Crippen molar-refractivity contribution >= 4 is 12.4 Å². The molecular formula is C32H40N2O4. The Hall–Kier alpha value is -3.64. The first kappa shape index (κ1) is 28.9. The zero-order valence-corrected chi connectivity index (χ0v) is 23.0. The molecule has 0 heterocycles. The molecule has 1 atom stereocenters. The number of ether oxygens (including phenoxy) is 2. The standard InChI is InChI=1S/C32H40N2O4/c1-32(2,34(3)22-25-15-17-30(37-4)18-16-25)20-27(23-35)19-29(28-13-9-6-10-14-28)21-33-31(36)38-24-26-11-7-5-8-12-26/h6-7,9-19,23,29H,5,8,20-22,24H2,1-4H3,(H,33,36)/b27-19-. The van der Waals surface area contributed by atoms with Crippen LogP contribution in [0.25, 0.3) is 0 Å². The zero-order chi connectivity index (χ0) is 27.4. The minimum absolute atomic E-state index is 0.166. The Bertz CT molecular complexity index is 1130. The lowest BCUT2D eigenvalue weighted by Crippen LogP contribution is -2.41. The lowest BCUT2D eigenvalue weighted by molar-refractivity contribution is -0.105. The summed E-state index contributed by atoms with van der Waals surface area (Å²) in [6.45, 7) is 5.59. The number of rotatable bonds is 13. The number of methoxy groups -OCH3 is 1. The molecule has 0 radical (unpaired) electrons. The minimum atomic E-state index is -0.466. The van der Waals surface area contributed by atoms with Gasteiger partial charge in [0.25, 0.3) is 0 Å². The van der Waals surface area contributed by atoms with Gasteiger partial charge in [0.1, 0.15) is 18.6 Å². The van der Waals surface area contributed by atoms with Crippen LogP contribution in [0.5, 0.6) is 5.75 Å². The van der Waals surface area contributed by atoms with Gasteiger partial charge in [-0.15, -0.1) is 0 Å². The third-order valence-corrected chi connectivity index (χ3v) is 6.95. The fraction of sp³-hybridized carbons (Fsp3) is 0.375. The molecule has 1 aliphatic carbocycles. The quantitative estimate of drug-likeness (QED) is 0.253. The van der Waals surface area contributed by atoms with Gasteiger partial charge in [0, 0.05) is 24.5 Å². The molecule has 6 heteroatoms. The van der Waals surface area contributed by atoms with Crippen molar-refractivity contribution in [3.05, 3.63) is 101 Å². The lowest BCUT2D eigenvalue weighted by atomic mass is 9.89. The Morgan fingerprint density at radius 2 is 1.84 bits per heavy atom. The smallest absolute Gasteiger partial charge is 0.407 e. The SMILES string of the molecule is COc1ccc(CN(C)C(C)(C)C/C(C=O)=C/C(CNC(=O)OCC2=CCCC=C2)c2ccccc2)cc1. The van der Waals surface area contributed by atoms with Gasteiger partial charge in [-0.1, -0.05) is 66.8 Å². The maximum absolute atomic E-state index is 12.4. The number of nitrogens with one attached hydrogen (secondary N) is 1. The Balaban J connectivity index is 1.66. The Kier molecular flexibility index (Phi) is 10.9. The molecule has 202 valence electrons. The molecule has 1 unspecified atom stereocenters. The van der Waals surface area contributed by atoms with Gasteiger partial charge in [-0.3, -0.25) is 9.69 Å². The van der Waals surface area contributed by atoms with Crippen LogP contribution in [0.4, 0.5) is 4.79 Å². The minimum Gasteiger partial charge on any atom is -0.497 e. The molecule has 1 aliphatic rings. The summed E-state index contributed by atoms with van der Waals surface area (Å²) in [5.74, 6) is 0.662. The molecule has 6 nitrogen and oxygen atoms in total. The van der Waals surface area contributed by atoms with Crippen molar-refractivity contribution in [2.75, 3.05) is 27.3 Å². The first-order chi connectivity index (χ1) is 18.3. The number of carbonyl (C=O) groups is 2. The van der Waals surface area contributed by atoms with Crippen LogP contribution in [0.3, 0.4) is 0 Å². The van der Waals surface area contributed by atoms with E-state index in [1.165, 1.54) is 5.56 Å². The fourth-order valence-corrected chi connectivity index (χ4v) is 4.39. The predicted octanol–water partition coefficient (Wildman–Crippen LogP) is 6.21. The number of carbonyl (C=O) groups excluding carboxylic acids is 2. The summed E-state index contributed by atoms with van der Waals surface area (Å²) in [5, 5.41) is 2.88. The summed E-state index contributed by atoms with van der Waals surface area (Å²) >= 11 is 0. The van der Waals surface area contributed by atoms with Crippen molar-refractivity contribution in [1.82, 2.24) is 10.2 Å². The van der Waals surface area contributed by atoms with Gasteiger partial charge in [-0.2, -0.15) is 0 Å². The second kappa shape index (κ2) is 14.3. The highest BCUT2D eigenvalue weighted by Crippen LogP contribution is 2.27. The summed E-state index contributed by atoms with van der Waals surface area (Å²) in [6.07, 6.45) is 11.2. The van der Waals surface area contributed by atoms with Crippen LogP contribution < -0.4 is 10.1 Å². The van der Waals surface area contributed by atoms with E-state index in [9.17, 15) is 9.59 Å². The van der Waals surface area contributed by atoms with Crippen LogP contribution in [-0.2, 0) is 16.1 Å². The van der Waals surface area contributed by atoms with Gasteiger partial charge >= 0.3 is 6.09 Å². The van der Waals surface area contributed by atoms with E-state index in [-0.39, 0.29) is 18.1 Å². The lowest BCUT2D eigenvalue weighted by Gasteiger charge is -2.36. The largest absolute Gasteiger partial charge is 0.497 e. The van der Waals surface area contributed by atoms with E-state index in [1.807, 2.05) is 54.6 Å². The molecule has 0 aliphatic heterocycles. The molecule has 0 aromatic heterocycles. The third kappa shape index (κ3) is 9.03. The van der Waals surface area contributed by atoms with Crippen molar-refractivity contribution in [3.63, 3.8) is 0 Å². The number of hydrogen-bond acceptors (Lipinski definition) is 5. The topological polar surface area (TPSA) is 67.9 Å². The van der Waals surface area contributed by atoms with Gasteiger partial charge in [0.15, 0.2) is 0 Å². The first-order valence-corrected chi connectivity index (χ1v) is 13.1. The number of hydrogen-bond donors (Lipinski definition) is 1. The molecule has 0 bridgehead atoms. The predicted molar refractivity (Wildman–Crippen MR) is 152 cm³/mol. The number of amides is 1. The van der Waals surface area contributed by atoms with E-state index in [2.05, 4.69) is 55.4 Å². The molecule has 0 spiro atoms. The molecule has 38 heavy (non-hydrogen) atoms. The maximum atomic E-state index is 12.4. The van der Waals surface area contributed by atoms with Gasteiger partial charge in [-0.05, 0) is 74.6 Å². The summed E-state index contributed by atoms with van der Waals surface area (Å²) in [4.78, 5) is 26.9. The molecule has 3 rings (SSSR count). The highest BCUT2D eigenvalue weighted by molar-refractivity contribution is 5.74. The molecule has 0 fully saturated rings. The summed E-state index contributed by atoms with van der Waals surface area (Å²) < 4.78 is 10.7. The normalized spacial score (nSPS) is 14.6. The number of allylic oxidation sites excluding steroid dienone is 2. The highest BCUT2D eigenvalue weighted by atomic mass is 16.5. The average Bonchev–Trinajstić information content (AvgIpc) is 2.94. The van der Waals surface area contributed by atoms with Crippen molar-refractivity contribution in [1.29, 1.82) is 0 Å². The Morgan fingerprint density at radius 1 is 1.11 bits per heavy atom. The van der Waals surface area contributed by atoms with E-state index in [0.717, 1.165) is 42.6 Å². The molecule has 2 aromatic carbocycles. The maximum Gasteiger partial charge on any atom is 0.407 e. The molecule has 0 saturated heterocycles. The zero-order valence-electron chi connectivity index (χ0n) is 23.0. The van der Waals surface area contributed by atoms with Gasteiger partial charge < -0.3 is 14.8 Å². The second-order valence-corrected chi connectivity index (χ2v) is 10.3. The van der Waals surface area contributed by atoms with Crippen LogP contribution in [0.1, 0.15) is 50.2 Å². The van der Waals surface area contributed by atoms with Crippen LogP contribution in [0, 0.1) is 0 Å². The van der Waals surface area contributed by atoms with Gasteiger partial charge in [-0.25, -0.2) is 4.79 Å². The number of benzene rings is 2. The average molecular weight is 517 g/mol. The monoisotopic (exact) mass is 516 g/mol. The van der Waals surface area contributed by atoms with Crippen LogP contribution in [-0.4, -0.2) is 50.1 Å². The van der Waals surface area contributed by atoms with Crippen molar-refractivity contribution in [2.45, 2.75) is 51.1 Å². The molecule has 2 aromatic rings. The fourth-order valence-electron chi connectivity index (χ4n) is 4.39. The van der Waals surface area contributed by atoms with Crippen LogP contribution in [0.2, 0.25) is 0 Å². The van der Waals surface area contributed by atoms with Crippen molar-refractivity contribution in [2.24, 2.45) is 0 Å². The van der Waals surface area contributed by atoms with Gasteiger partial charge in [0.05, 0.1) is 7.11 Å². The van der Waals surface area contributed by atoms with Crippen LogP contribution >= 0.6 is 0 Å². The van der Waals surface area contributed by atoms with E-state index in [4.69, 9.17) is 9.47 Å². The molecule has 1 N–H and O–H groups in total. The first-order valence-electron chi connectivity index (χ1n) is 13.1. The van der Waals surface area contributed by atoms with Crippen LogP contribution in [0.15, 0.2) is 90.0 Å². The highest BCUT2D eigenvalue weighted by Gasteiger charge is 2.26. The van der Waals surface area contributed by atoms with E-state index >= 15 is 0 Å². The Labute approximate surface area is 227 Å².